The fraction of sp³-hybridized carbons (Fsp3) is 0.235. The Labute approximate surface area is 140 Å². The number of carbonyl (C=O) groups excluding carboxylic acids is 1. The first-order chi connectivity index (χ1) is 11.3. The van der Waals surface area contributed by atoms with Crippen LogP contribution in [0, 0.1) is 13.8 Å². The molecule has 0 saturated carbocycles. The van der Waals surface area contributed by atoms with Crippen molar-refractivity contribution >= 4 is 21.8 Å². The lowest BCUT2D eigenvalue weighted by Crippen LogP contribution is -2.27. The van der Waals surface area contributed by atoms with Gasteiger partial charge in [0, 0.05) is 24.3 Å². The Balaban J connectivity index is 2.24. The molecule has 2 aromatic carbocycles. The van der Waals surface area contributed by atoms with Crippen molar-refractivity contribution in [2.24, 2.45) is 0 Å². The molecule has 3 rings (SSSR count). The van der Waals surface area contributed by atoms with Crippen molar-refractivity contribution in [2.45, 2.75) is 18.7 Å². The van der Waals surface area contributed by atoms with Crippen LogP contribution in [0.5, 0.6) is 0 Å². The fourth-order valence-electron chi connectivity index (χ4n) is 2.88. The molecule has 7 heteroatoms. The zero-order valence-electron chi connectivity index (χ0n) is 13.4. The molecule has 2 amide bonds. The van der Waals surface area contributed by atoms with Crippen molar-refractivity contribution in [1.29, 1.82) is 0 Å². The number of aryl methyl sites for hydroxylation is 1. The van der Waals surface area contributed by atoms with Gasteiger partial charge in [0.2, 0.25) is 0 Å². The highest BCUT2D eigenvalue weighted by molar-refractivity contribution is 7.86. The third-order valence-corrected chi connectivity index (χ3v) is 5.22. The lowest BCUT2D eigenvalue weighted by atomic mass is 9.96. The molecule has 1 fully saturated rings. The Morgan fingerprint density at radius 3 is 2.50 bits per heavy atom. The summed E-state index contributed by atoms with van der Waals surface area (Å²) < 4.78 is 33.1. The highest BCUT2D eigenvalue weighted by Gasteiger charge is 2.24. The summed E-state index contributed by atoms with van der Waals surface area (Å²) >= 11 is 0. The molecule has 0 atom stereocenters. The zero-order chi connectivity index (χ0) is 17.5. The van der Waals surface area contributed by atoms with Gasteiger partial charge in [-0.2, -0.15) is 8.42 Å². The quantitative estimate of drug-likeness (QED) is 0.837. The minimum absolute atomic E-state index is 0.167. The predicted octanol–water partition coefficient (Wildman–Crippen LogP) is 2.75. The average molecular weight is 346 g/mol. The summed E-state index contributed by atoms with van der Waals surface area (Å²) in [6.07, 6.45) is 0. The van der Waals surface area contributed by atoms with Crippen molar-refractivity contribution in [3.63, 3.8) is 0 Å². The number of urea groups is 1. The van der Waals surface area contributed by atoms with Crippen molar-refractivity contribution in [1.82, 2.24) is 5.32 Å². The normalized spacial score (nSPS) is 14.8. The third-order valence-electron chi connectivity index (χ3n) is 4.30. The first-order valence-electron chi connectivity index (χ1n) is 7.52. The predicted molar refractivity (Wildman–Crippen MR) is 91.9 cm³/mol. The van der Waals surface area contributed by atoms with Crippen LogP contribution in [0.3, 0.4) is 0 Å². The second-order valence-corrected chi connectivity index (χ2v) is 7.18. The van der Waals surface area contributed by atoms with Crippen molar-refractivity contribution < 1.29 is 17.8 Å². The number of carbonyl (C=O) groups is 1. The second kappa shape index (κ2) is 5.92. The van der Waals surface area contributed by atoms with Gasteiger partial charge in [0.15, 0.2) is 0 Å². The van der Waals surface area contributed by atoms with Crippen LogP contribution in [0.25, 0.3) is 11.1 Å². The molecule has 0 unspecified atom stereocenters. The highest BCUT2D eigenvalue weighted by Crippen LogP contribution is 2.34. The number of anilines is 1. The van der Waals surface area contributed by atoms with Gasteiger partial charge in [-0.15, -0.1) is 0 Å². The van der Waals surface area contributed by atoms with Gasteiger partial charge in [0.05, 0.1) is 0 Å². The molecule has 1 aliphatic heterocycles. The molecule has 0 bridgehead atoms. The van der Waals surface area contributed by atoms with E-state index in [1.54, 1.807) is 17.0 Å². The average Bonchev–Trinajstić information content (AvgIpc) is 2.95. The second-order valence-electron chi connectivity index (χ2n) is 5.79. The van der Waals surface area contributed by atoms with E-state index in [1.807, 2.05) is 26.0 Å². The maximum atomic E-state index is 11.9. The topological polar surface area (TPSA) is 86.7 Å². The van der Waals surface area contributed by atoms with Gasteiger partial charge < -0.3 is 5.32 Å². The molecular formula is C17H18N2O4S. The van der Waals surface area contributed by atoms with Gasteiger partial charge in [-0.1, -0.05) is 18.2 Å². The first kappa shape index (κ1) is 16.5. The van der Waals surface area contributed by atoms with Gasteiger partial charge in [-0.3, -0.25) is 9.45 Å². The Bertz CT molecular complexity index is 922. The molecule has 0 aromatic heterocycles. The number of nitrogens with zero attached hydrogens (tertiary/aromatic N) is 1. The van der Waals surface area contributed by atoms with E-state index < -0.39 is 10.1 Å². The Hall–Kier alpha value is -2.38. The largest absolute Gasteiger partial charge is 0.336 e. The van der Waals surface area contributed by atoms with Crippen LogP contribution in [-0.4, -0.2) is 32.1 Å². The summed E-state index contributed by atoms with van der Waals surface area (Å²) in [7, 11) is -4.38. The summed E-state index contributed by atoms with van der Waals surface area (Å²) in [5, 5.41) is 2.71. The van der Waals surface area contributed by atoms with Crippen LogP contribution < -0.4 is 10.2 Å². The summed E-state index contributed by atoms with van der Waals surface area (Å²) in [5.41, 5.74) is 3.62. The van der Waals surface area contributed by atoms with Gasteiger partial charge in [0.25, 0.3) is 10.1 Å². The number of benzene rings is 2. The van der Waals surface area contributed by atoms with Crippen LogP contribution in [0.15, 0.2) is 41.3 Å². The van der Waals surface area contributed by atoms with Crippen molar-refractivity contribution in [3.05, 3.63) is 47.5 Å². The molecule has 1 saturated heterocycles. The Morgan fingerprint density at radius 2 is 1.88 bits per heavy atom. The summed E-state index contributed by atoms with van der Waals surface area (Å²) in [6, 6.07) is 9.86. The standard InChI is InChI=1S/C17H18N2O4S/c1-11-4-3-5-14(12(11)2)15-10-13(19-9-8-18-17(19)20)6-7-16(15)24(21,22)23/h3-7,10H,8-9H2,1-2H3,(H,18,20)(H,21,22,23). The molecule has 126 valence electrons. The molecular weight excluding hydrogens is 328 g/mol. The molecule has 6 nitrogen and oxygen atoms in total. The van der Waals surface area contributed by atoms with E-state index in [0.29, 0.717) is 29.9 Å². The molecule has 24 heavy (non-hydrogen) atoms. The molecule has 2 aromatic rings. The monoisotopic (exact) mass is 346 g/mol. The van der Waals surface area contributed by atoms with Gasteiger partial charge in [-0.05, 0) is 48.7 Å². The maximum Gasteiger partial charge on any atom is 0.321 e. The third kappa shape index (κ3) is 2.88. The number of hydrogen-bond donors (Lipinski definition) is 2. The molecule has 2 N–H and O–H groups in total. The van der Waals surface area contributed by atoms with Crippen LogP contribution in [0.4, 0.5) is 10.5 Å². The van der Waals surface area contributed by atoms with Crippen LogP contribution in [0.1, 0.15) is 11.1 Å². The number of amides is 2. The lowest BCUT2D eigenvalue weighted by molar-refractivity contribution is 0.252. The van der Waals surface area contributed by atoms with E-state index >= 15 is 0 Å². The van der Waals surface area contributed by atoms with E-state index in [9.17, 15) is 17.8 Å². The minimum Gasteiger partial charge on any atom is -0.336 e. The Kier molecular flexibility index (Phi) is 4.06. The van der Waals surface area contributed by atoms with E-state index in [2.05, 4.69) is 5.32 Å². The number of hydrogen-bond acceptors (Lipinski definition) is 3. The molecule has 0 radical (unpaired) electrons. The molecule has 1 heterocycles. The van der Waals surface area contributed by atoms with Crippen LogP contribution in [-0.2, 0) is 10.1 Å². The van der Waals surface area contributed by atoms with Crippen LogP contribution >= 0.6 is 0 Å². The fourth-order valence-corrected chi connectivity index (χ4v) is 3.57. The van der Waals surface area contributed by atoms with Gasteiger partial charge in [0.1, 0.15) is 4.90 Å². The van der Waals surface area contributed by atoms with E-state index in [0.717, 1.165) is 11.1 Å². The van der Waals surface area contributed by atoms with E-state index in [-0.39, 0.29) is 10.9 Å². The molecule has 1 aliphatic rings. The van der Waals surface area contributed by atoms with Gasteiger partial charge >= 0.3 is 6.03 Å². The smallest absolute Gasteiger partial charge is 0.321 e. The minimum atomic E-state index is -4.38. The van der Waals surface area contributed by atoms with Crippen LogP contribution in [0.2, 0.25) is 0 Å². The zero-order valence-corrected chi connectivity index (χ0v) is 14.2. The lowest BCUT2D eigenvalue weighted by Gasteiger charge is -2.18. The Morgan fingerprint density at radius 1 is 1.12 bits per heavy atom. The highest BCUT2D eigenvalue weighted by atomic mass is 32.2. The van der Waals surface area contributed by atoms with Crippen molar-refractivity contribution in [2.75, 3.05) is 18.0 Å². The summed E-state index contributed by atoms with van der Waals surface area (Å²) in [4.78, 5) is 13.2. The SMILES string of the molecule is Cc1cccc(-c2cc(N3CCNC3=O)ccc2S(=O)(=O)O)c1C. The molecule has 0 spiro atoms. The summed E-state index contributed by atoms with van der Waals surface area (Å²) in [6.45, 7) is 4.88. The molecule has 0 aliphatic carbocycles. The van der Waals surface area contributed by atoms with Gasteiger partial charge in [-0.25, -0.2) is 4.79 Å². The number of nitrogens with one attached hydrogen (secondary N) is 1. The summed E-state index contributed by atoms with van der Waals surface area (Å²) in [5.74, 6) is 0. The van der Waals surface area contributed by atoms with Crippen molar-refractivity contribution in [3.8, 4) is 11.1 Å². The first-order valence-corrected chi connectivity index (χ1v) is 8.96. The maximum absolute atomic E-state index is 11.9. The van der Waals surface area contributed by atoms with E-state index in [4.69, 9.17) is 0 Å². The number of rotatable bonds is 3. The van der Waals surface area contributed by atoms with E-state index in [1.165, 1.54) is 12.1 Å².